The molecule has 2 rings (SSSR count). The standard InChI is InChI=1S/C12H20N2O3S/c1-9(8-18(2)17)14-7-10(15)13-12(11(14)16)5-3-4-6-12/h9H,3-8H2,1-2H3,(H,13,15). The van der Waals surface area contributed by atoms with Crippen LogP contribution in [-0.4, -0.2) is 51.1 Å². The van der Waals surface area contributed by atoms with Gasteiger partial charge in [-0.15, -0.1) is 0 Å². The lowest BCUT2D eigenvalue weighted by atomic mass is 9.92. The summed E-state index contributed by atoms with van der Waals surface area (Å²) in [5, 5.41) is 2.87. The van der Waals surface area contributed by atoms with Gasteiger partial charge in [0, 0.05) is 28.9 Å². The monoisotopic (exact) mass is 272 g/mol. The third kappa shape index (κ3) is 2.43. The van der Waals surface area contributed by atoms with Crippen LogP contribution in [0.15, 0.2) is 0 Å². The van der Waals surface area contributed by atoms with Crippen molar-refractivity contribution in [2.75, 3.05) is 18.6 Å². The van der Waals surface area contributed by atoms with Crippen molar-refractivity contribution < 1.29 is 13.8 Å². The Kier molecular flexibility index (Phi) is 3.75. The van der Waals surface area contributed by atoms with E-state index in [1.54, 1.807) is 11.2 Å². The summed E-state index contributed by atoms with van der Waals surface area (Å²) in [6.07, 6.45) is 5.05. The number of nitrogens with one attached hydrogen (secondary N) is 1. The van der Waals surface area contributed by atoms with E-state index >= 15 is 0 Å². The second kappa shape index (κ2) is 4.99. The van der Waals surface area contributed by atoms with E-state index in [9.17, 15) is 13.8 Å². The molecule has 0 bridgehead atoms. The van der Waals surface area contributed by atoms with Crippen LogP contribution in [0.5, 0.6) is 0 Å². The molecule has 102 valence electrons. The smallest absolute Gasteiger partial charge is 0.249 e. The van der Waals surface area contributed by atoms with Gasteiger partial charge in [0.15, 0.2) is 0 Å². The summed E-state index contributed by atoms with van der Waals surface area (Å²) < 4.78 is 11.3. The van der Waals surface area contributed by atoms with Crippen molar-refractivity contribution in [3.8, 4) is 0 Å². The Morgan fingerprint density at radius 3 is 2.56 bits per heavy atom. The van der Waals surface area contributed by atoms with Gasteiger partial charge in [-0.2, -0.15) is 0 Å². The molecule has 0 aromatic carbocycles. The van der Waals surface area contributed by atoms with Crippen molar-refractivity contribution in [2.24, 2.45) is 0 Å². The molecule has 2 unspecified atom stereocenters. The zero-order chi connectivity index (χ0) is 13.3. The van der Waals surface area contributed by atoms with E-state index in [0.29, 0.717) is 5.75 Å². The predicted octanol–water partition coefficient (Wildman–Crippen LogP) is 0.0246. The molecule has 1 saturated carbocycles. The first-order valence-corrected chi connectivity index (χ1v) is 8.09. The molecule has 1 spiro atoms. The Morgan fingerprint density at radius 1 is 1.39 bits per heavy atom. The zero-order valence-electron chi connectivity index (χ0n) is 10.9. The van der Waals surface area contributed by atoms with E-state index in [1.165, 1.54) is 0 Å². The molecule has 5 nitrogen and oxygen atoms in total. The highest BCUT2D eigenvalue weighted by Crippen LogP contribution is 2.33. The van der Waals surface area contributed by atoms with Crippen LogP contribution in [0.25, 0.3) is 0 Å². The Morgan fingerprint density at radius 2 is 2.00 bits per heavy atom. The Bertz CT molecular complexity index is 391. The van der Waals surface area contributed by atoms with Gasteiger partial charge in [0.05, 0.1) is 6.54 Å². The third-order valence-corrected chi connectivity index (χ3v) is 4.78. The largest absolute Gasteiger partial charge is 0.340 e. The van der Waals surface area contributed by atoms with Gasteiger partial charge in [-0.05, 0) is 19.8 Å². The number of hydrogen-bond donors (Lipinski definition) is 1. The van der Waals surface area contributed by atoms with E-state index in [0.717, 1.165) is 25.7 Å². The van der Waals surface area contributed by atoms with Crippen LogP contribution in [0.3, 0.4) is 0 Å². The molecule has 1 heterocycles. The Labute approximate surface area is 110 Å². The molecule has 1 aliphatic carbocycles. The second-order valence-corrected chi connectivity index (χ2v) is 6.84. The normalized spacial score (nSPS) is 26.2. The first kappa shape index (κ1) is 13.5. The van der Waals surface area contributed by atoms with Gasteiger partial charge in [0.2, 0.25) is 11.8 Å². The van der Waals surface area contributed by atoms with Gasteiger partial charge < -0.3 is 10.2 Å². The second-order valence-electron chi connectivity index (χ2n) is 5.36. The lowest BCUT2D eigenvalue weighted by molar-refractivity contribution is -0.151. The van der Waals surface area contributed by atoms with E-state index in [4.69, 9.17) is 0 Å². The van der Waals surface area contributed by atoms with E-state index in [-0.39, 0.29) is 24.4 Å². The number of hydrogen-bond acceptors (Lipinski definition) is 3. The van der Waals surface area contributed by atoms with Crippen LogP contribution in [0.2, 0.25) is 0 Å². The lowest BCUT2D eigenvalue weighted by Crippen LogP contribution is -2.67. The first-order valence-electron chi connectivity index (χ1n) is 6.37. The van der Waals surface area contributed by atoms with Gasteiger partial charge in [-0.1, -0.05) is 12.8 Å². The summed E-state index contributed by atoms with van der Waals surface area (Å²) in [5.41, 5.74) is -0.668. The molecule has 2 fully saturated rings. The lowest BCUT2D eigenvalue weighted by Gasteiger charge is -2.42. The summed E-state index contributed by atoms with van der Waals surface area (Å²) >= 11 is 0. The molecular formula is C12H20N2O3S. The van der Waals surface area contributed by atoms with E-state index in [2.05, 4.69) is 5.32 Å². The molecule has 2 amide bonds. The number of rotatable bonds is 3. The van der Waals surface area contributed by atoms with Gasteiger partial charge in [-0.25, -0.2) is 0 Å². The molecule has 18 heavy (non-hydrogen) atoms. The van der Waals surface area contributed by atoms with E-state index < -0.39 is 16.3 Å². The van der Waals surface area contributed by atoms with Crippen LogP contribution in [-0.2, 0) is 20.4 Å². The minimum atomic E-state index is -0.962. The highest BCUT2D eigenvalue weighted by Gasteiger charge is 2.49. The number of carbonyl (C=O) groups is 2. The highest BCUT2D eigenvalue weighted by molar-refractivity contribution is 7.84. The van der Waals surface area contributed by atoms with Crippen molar-refractivity contribution in [2.45, 2.75) is 44.2 Å². The Hall–Kier alpha value is -0.910. The molecule has 0 aromatic heterocycles. The molecule has 1 aliphatic heterocycles. The molecule has 2 atom stereocenters. The number of piperazine rings is 1. The summed E-state index contributed by atoms with van der Waals surface area (Å²) in [6.45, 7) is 1.96. The van der Waals surface area contributed by atoms with E-state index in [1.807, 2.05) is 6.92 Å². The summed E-state index contributed by atoms with van der Waals surface area (Å²) in [7, 11) is -0.962. The molecule has 0 aromatic rings. The fourth-order valence-corrected chi connectivity index (χ4v) is 3.82. The summed E-state index contributed by atoms with van der Waals surface area (Å²) in [6, 6.07) is -0.146. The molecular weight excluding hydrogens is 252 g/mol. The van der Waals surface area contributed by atoms with Crippen molar-refractivity contribution in [3.05, 3.63) is 0 Å². The topological polar surface area (TPSA) is 66.5 Å². The molecule has 2 aliphatic rings. The van der Waals surface area contributed by atoms with Crippen LogP contribution in [0.1, 0.15) is 32.6 Å². The molecule has 1 saturated heterocycles. The fraction of sp³-hybridized carbons (Fsp3) is 0.833. The summed E-state index contributed by atoms with van der Waals surface area (Å²) in [5.74, 6) is 0.345. The maximum absolute atomic E-state index is 12.5. The van der Waals surface area contributed by atoms with Crippen molar-refractivity contribution in [1.29, 1.82) is 0 Å². The predicted molar refractivity (Wildman–Crippen MR) is 69.5 cm³/mol. The summed E-state index contributed by atoms with van der Waals surface area (Å²) in [4.78, 5) is 25.9. The maximum atomic E-state index is 12.5. The average molecular weight is 272 g/mol. The SMILES string of the molecule is CC(CS(C)=O)N1CC(=O)NC2(CCCC2)C1=O. The average Bonchev–Trinajstić information content (AvgIpc) is 2.72. The number of carbonyl (C=O) groups excluding carboxylic acids is 2. The zero-order valence-corrected chi connectivity index (χ0v) is 11.7. The fourth-order valence-electron chi connectivity index (χ4n) is 2.96. The third-order valence-electron chi connectivity index (χ3n) is 3.83. The van der Waals surface area contributed by atoms with Crippen LogP contribution in [0, 0.1) is 0 Å². The quantitative estimate of drug-likeness (QED) is 0.788. The highest BCUT2D eigenvalue weighted by atomic mass is 32.2. The minimum absolute atomic E-state index is 0.0116. The molecule has 0 radical (unpaired) electrons. The first-order chi connectivity index (χ1) is 8.44. The maximum Gasteiger partial charge on any atom is 0.249 e. The van der Waals surface area contributed by atoms with Gasteiger partial charge >= 0.3 is 0 Å². The van der Waals surface area contributed by atoms with Crippen LogP contribution < -0.4 is 5.32 Å². The molecule has 6 heteroatoms. The number of amides is 2. The van der Waals surface area contributed by atoms with Crippen molar-refractivity contribution in [1.82, 2.24) is 10.2 Å². The number of nitrogens with zero attached hydrogens (tertiary/aromatic N) is 1. The van der Waals surface area contributed by atoms with Crippen LogP contribution >= 0.6 is 0 Å². The van der Waals surface area contributed by atoms with Gasteiger partial charge in [0.25, 0.3) is 0 Å². The van der Waals surface area contributed by atoms with Gasteiger partial charge in [0.1, 0.15) is 5.54 Å². The molecule has 1 N–H and O–H groups in total. The van der Waals surface area contributed by atoms with Gasteiger partial charge in [-0.3, -0.25) is 13.8 Å². The van der Waals surface area contributed by atoms with Crippen LogP contribution in [0.4, 0.5) is 0 Å². The Balaban J connectivity index is 2.17. The van der Waals surface area contributed by atoms with Crippen molar-refractivity contribution in [3.63, 3.8) is 0 Å². The minimum Gasteiger partial charge on any atom is -0.340 e. The van der Waals surface area contributed by atoms with Crippen molar-refractivity contribution >= 4 is 22.6 Å².